The maximum absolute atomic E-state index is 12.6. The van der Waals surface area contributed by atoms with E-state index in [1.54, 1.807) is 41.2 Å². The van der Waals surface area contributed by atoms with Gasteiger partial charge in [-0.15, -0.1) is 0 Å². The molecule has 0 fully saturated rings. The van der Waals surface area contributed by atoms with Gasteiger partial charge >= 0.3 is 0 Å². The number of rotatable bonds is 7. The molecule has 0 aliphatic carbocycles. The molecule has 0 radical (unpaired) electrons. The van der Waals surface area contributed by atoms with Crippen LogP contribution in [0.25, 0.3) is 0 Å². The molecular weight excluding hydrogens is 508 g/mol. The zero-order valence-corrected chi connectivity index (χ0v) is 20.3. The van der Waals surface area contributed by atoms with E-state index in [4.69, 9.17) is 55.6 Å². The second-order valence-electron chi connectivity index (χ2n) is 7.17. The van der Waals surface area contributed by atoms with Crippen molar-refractivity contribution in [1.82, 2.24) is 9.78 Å². The van der Waals surface area contributed by atoms with Gasteiger partial charge in [0.2, 0.25) is 0 Å². The van der Waals surface area contributed by atoms with Crippen molar-refractivity contribution in [2.75, 3.05) is 5.32 Å². The summed E-state index contributed by atoms with van der Waals surface area (Å²) in [5.41, 5.74) is 1.78. The van der Waals surface area contributed by atoms with E-state index in [0.717, 1.165) is 11.1 Å². The van der Waals surface area contributed by atoms with Gasteiger partial charge in [0.25, 0.3) is 5.91 Å². The van der Waals surface area contributed by atoms with Gasteiger partial charge < -0.3 is 14.5 Å². The predicted molar refractivity (Wildman–Crippen MR) is 130 cm³/mol. The standard InChI is InChI=1S/C23H17Cl4N3O3/c1-13-3-2-4-17(25)21(13)32-12-15-6-8-20(33-15)23(31)28-22-19(27)11-30(29-22)10-14-5-7-16(24)18(26)9-14/h2-9,11H,10,12H2,1H3,(H,28,29,31). The second kappa shape index (κ2) is 10.1. The van der Waals surface area contributed by atoms with Crippen molar-refractivity contribution in [1.29, 1.82) is 0 Å². The number of carbonyl (C=O) groups is 1. The van der Waals surface area contributed by atoms with Crippen molar-refractivity contribution < 1.29 is 13.9 Å². The summed E-state index contributed by atoms with van der Waals surface area (Å²) in [6.45, 7) is 2.42. The van der Waals surface area contributed by atoms with Gasteiger partial charge in [0.15, 0.2) is 11.6 Å². The van der Waals surface area contributed by atoms with Crippen LogP contribution in [0, 0.1) is 6.92 Å². The average Bonchev–Trinajstić information content (AvgIpc) is 3.37. The summed E-state index contributed by atoms with van der Waals surface area (Å²) in [6, 6.07) is 14.0. The van der Waals surface area contributed by atoms with Crippen LogP contribution < -0.4 is 10.1 Å². The Labute approximate surface area is 210 Å². The number of aromatic nitrogens is 2. The average molecular weight is 525 g/mol. The van der Waals surface area contributed by atoms with Crippen LogP contribution in [0.4, 0.5) is 5.82 Å². The van der Waals surface area contributed by atoms with Gasteiger partial charge in [-0.05, 0) is 48.4 Å². The minimum absolute atomic E-state index is 0.0968. The molecule has 10 heteroatoms. The van der Waals surface area contributed by atoms with Crippen LogP contribution in [-0.2, 0) is 13.2 Å². The highest BCUT2D eigenvalue weighted by molar-refractivity contribution is 6.42. The van der Waals surface area contributed by atoms with Crippen LogP contribution >= 0.6 is 46.4 Å². The summed E-state index contributed by atoms with van der Waals surface area (Å²) < 4.78 is 12.9. The number of para-hydroxylation sites is 1. The fourth-order valence-electron chi connectivity index (χ4n) is 3.08. The molecular formula is C23H17Cl4N3O3. The minimum Gasteiger partial charge on any atom is -0.484 e. The minimum atomic E-state index is -0.489. The van der Waals surface area contributed by atoms with Gasteiger partial charge in [-0.2, -0.15) is 5.10 Å². The normalized spacial score (nSPS) is 10.9. The summed E-state index contributed by atoms with van der Waals surface area (Å²) in [6.07, 6.45) is 1.60. The third-order valence-corrected chi connectivity index (χ3v) is 6.00. The molecule has 4 aromatic rings. The number of nitrogens with zero attached hydrogens (tertiary/aromatic N) is 2. The number of halogens is 4. The van der Waals surface area contributed by atoms with Crippen molar-refractivity contribution >= 4 is 58.1 Å². The molecule has 1 amide bonds. The molecule has 1 N–H and O–H groups in total. The van der Waals surface area contributed by atoms with E-state index in [9.17, 15) is 4.79 Å². The molecule has 6 nitrogen and oxygen atoms in total. The maximum atomic E-state index is 12.6. The molecule has 0 saturated carbocycles. The molecule has 0 atom stereocenters. The Hall–Kier alpha value is -2.64. The molecule has 0 aliphatic rings. The van der Waals surface area contributed by atoms with Gasteiger partial charge in [0.05, 0.1) is 21.6 Å². The third kappa shape index (κ3) is 5.65. The van der Waals surface area contributed by atoms with Crippen molar-refractivity contribution in [3.05, 3.63) is 97.5 Å². The number of hydrogen-bond donors (Lipinski definition) is 1. The fraction of sp³-hybridized carbons (Fsp3) is 0.130. The first-order valence-corrected chi connectivity index (χ1v) is 11.3. The molecule has 0 spiro atoms. The molecule has 4 rings (SSSR count). The number of hydrogen-bond acceptors (Lipinski definition) is 4. The topological polar surface area (TPSA) is 69.3 Å². The smallest absolute Gasteiger partial charge is 0.292 e. The van der Waals surface area contributed by atoms with Gasteiger partial charge in [0, 0.05) is 6.20 Å². The molecule has 0 aliphatic heterocycles. The van der Waals surface area contributed by atoms with Crippen LogP contribution in [0.1, 0.15) is 27.4 Å². The number of anilines is 1. The van der Waals surface area contributed by atoms with Crippen LogP contribution in [-0.4, -0.2) is 15.7 Å². The Morgan fingerprint density at radius 1 is 1.03 bits per heavy atom. The van der Waals surface area contributed by atoms with Crippen molar-refractivity contribution in [3.63, 3.8) is 0 Å². The largest absolute Gasteiger partial charge is 0.484 e. The van der Waals surface area contributed by atoms with Gasteiger partial charge in [-0.1, -0.05) is 64.6 Å². The zero-order chi connectivity index (χ0) is 23.5. The van der Waals surface area contributed by atoms with Gasteiger partial charge in [-0.3, -0.25) is 9.48 Å². The first-order chi connectivity index (χ1) is 15.8. The summed E-state index contributed by atoms with van der Waals surface area (Å²) in [7, 11) is 0. The quantitative estimate of drug-likeness (QED) is 0.276. The van der Waals surface area contributed by atoms with Crippen molar-refractivity contribution in [3.8, 4) is 5.75 Å². The van der Waals surface area contributed by atoms with Crippen molar-refractivity contribution in [2.45, 2.75) is 20.1 Å². The monoisotopic (exact) mass is 523 g/mol. The Morgan fingerprint density at radius 2 is 1.85 bits per heavy atom. The molecule has 0 saturated heterocycles. The van der Waals surface area contributed by atoms with E-state index >= 15 is 0 Å². The SMILES string of the molecule is Cc1cccc(Cl)c1OCc1ccc(C(=O)Nc2nn(Cc3ccc(Cl)c(Cl)c3)cc2Cl)o1. The highest BCUT2D eigenvalue weighted by Crippen LogP contribution is 2.29. The molecule has 170 valence electrons. The molecule has 0 bridgehead atoms. The van der Waals surface area contributed by atoms with Crippen LogP contribution in [0.15, 0.2) is 59.1 Å². The Balaban J connectivity index is 1.39. The number of aryl methyl sites for hydroxylation is 1. The number of nitrogens with one attached hydrogen (secondary N) is 1. The molecule has 2 aromatic heterocycles. The zero-order valence-electron chi connectivity index (χ0n) is 17.2. The van der Waals surface area contributed by atoms with Crippen LogP contribution in [0.2, 0.25) is 20.1 Å². The van der Waals surface area contributed by atoms with Crippen LogP contribution in [0.5, 0.6) is 5.75 Å². The van der Waals surface area contributed by atoms with Crippen LogP contribution in [0.3, 0.4) is 0 Å². The van der Waals surface area contributed by atoms with Gasteiger partial charge in [-0.25, -0.2) is 0 Å². The lowest BCUT2D eigenvalue weighted by Crippen LogP contribution is -2.12. The van der Waals surface area contributed by atoms with E-state index < -0.39 is 5.91 Å². The first-order valence-electron chi connectivity index (χ1n) is 9.75. The fourth-order valence-corrected chi connectivity index (χ4v) is 3.87. The summed E-state index contributed by atoms with van der Waals surface area (Å²) >= 11 is 24.4. The Bertz CT molecular complexity index is 1300. The van der Waals surface area contributed by atoms with Gasteiger partial charge in [0.1, 0.15) is 23.1 Å². The number of benzene rings is 2. The van der Waals surface area contributed by atoms with E-state index in [-0.39, 0.29) is 23.2 Å². The molecule has 0 unspecified atom stereocenters. The highest BCUT2D eigenvalue weighted by atomic mass is 35.5. The lowest BCUT2D eigenvalue weighted by Gasteiger charge is -2.09. The lowest BCUT2D eigenvalue weighted by molar-refractivity contribution is 0.0992. The summed E-state index contributed by atoms with van der Waals surface area (Å²) in [4.78, 5) is 12.6. The molecule has 33 heavy (non-hydrogen) atoms. The predicted octanol–water partition coefficient (Wildman–Crippen LogP) is 7.28. The number of ether oxygens (including phenoxy) is 1. The first kappa shape index (κ1) is 23.5. The Kier molecular flexibility index (Phi) is 7.20. The van der Waals surface area contributed by atoms with Crippen molar-refractivity contribution in [2.24, 2.45) is 0 Å². The summed E-state index contributed by atoms with van der Waals surface area (Å²) in [5, 5.41) is 8.68. The molecule has 2 aromatic carbocycles. The Morgan fingerprint density at radius 3 is 2.61 bits per heavy atom. The van der Waals surface area contributed by atoms with E-state index in [1.165, 1.54) is 0 Å². The third-order valence-electron chi connectivity index (χ3n) is 4.69. The van der Waals surface area contributed by atoms with E-state index in [0.29, 0.717) is 33.1 Å². The summed E-state index contributed by atoms with van der Waals surface area (Å²) in [5.74, 6) is 0.857. The second-order valence-corrected chi connectivity index (χ2v) is 8.80. The number of carbonyl (C=O) groups excluding carboxylic acids is 1. The lowest BCUT2D eigenvalue weighted by atomic mass is 10.2. The maximum Gasteiger partial charge on any atom is 0.292 e. The van der Waals surface area contributed by atoms with E-state index in [1.807, 2.05) is 25.1 Å². The molecule has 2 heterocycles. The highest BCUT2D eigenvalue weighted by Gasteiger charge is 2.17. The van der Waals surface area contributed by atoms with E-state index in [2.05, 4.69) is 10.4 Å². The number of amides is 1. The number of furan rings is 1.